The van der Waals surface area contributed by atoms with Crippen molar-refractivity contribution < 1.29 is 19.1 Å². The van der Waals surface area contributed by atoms with Crippen LogP contribution in [0.15, 0.2) is 78.5 Å². The average molecular weight is 444 g/mol. The van der Waals surface area contributed by atoms with Crippen molar-refractivity contribution in [1.82, 2.24) is 0 Å². The van der Waals surface area contributed by atoms with Crippen LogP contribution in [0.5, 0.6) is 11.5 Å². The quantitative estimate of drug-likeness (QED) is 0.553. The third-order valence-corrected chi connectivity index (χ3v) is 5.40. The zero-order valence-corrected chi connectivity index (χ0v) is 19.0. The highest BCUT2D eigenvalue weighted by molar-refractivity contribution is 6.46. The summed E-state index contributed by atoms with van der Waals surface area (Å²) in [5.41, 5.74) is 2.95. The lowest BCUT2D eigenvalue weighted by atomic mass is 10.0. The highest BCUT2D eigenvalue weighted by atomic mass is 16.5. The molecular formula is C26H25N3O4. The number of hydrogen-bond donors (Lipinski definition) is 1. The Morgan fingerprint density at radius 1 is 0.818 bits per heavy atom. The Hall–Kier alpha value is -4.26. The molecule has 0 unspecified atom stereocenters. The number of carbonyl (C=O) groups excluding carboxylic acids is 2. The van der Waals surface area contributed by atoms with E-state index in [2.05, 4.69) is 5.32 Å². The molecule has 1 heterocycles. The van der Waals surface area contributed by atoms with Gasteiger partial charge in [-0.05, 0) is 36.4 Å². The summed E-state index contributed by atoms with van der Waals surface area (Å²) in [4.78, 5) is 30.4. The number of nitrogens with one attached hydrogen (secondary N) is 1. The Morgan fingerprint density at radius 3 is 2.30 bits per heavy atom. The smallest absolute Gasteiger partial charge is 0.282 e. The van der Waals surface area contributed by atoms with Crippen LogP contribution in [0.25, 0.3) is 5.57 Å². The fourth-order valence-electron chi connectivity index (χ4n) is 3.74. The van der Waals surface area contributed by atoms with Crippen molar-refractivity contribution in [3.63, 3.8) is 0 Å². The molecule has 0 radical (unpaired) electrons. The van der Waals surface area contributed by atoms with E-state index < -0.39 is 11.8 Å². The first-order chi connectivity index (χ1) is 15.9. The molecule has 0 bridgehead atoms. The van der Waals surface area contributed by atoms with E-state index in [9.17, 15) is 9.59 Å². The summed E-state index contributed by atoms with van der Waals surface area (Å²) >= 11 is 0. The third-order valence-electron chi connectivity index (χ3n) is 5.40. The highest BCUT2D eigenvalue weighted by Crippen LogP contribution is 2.38. The minimum Gasteiger partial charge on any atom is -0.497 e. The van der Waals surface area contributed by atoms with Crippen LogP contribution in [-0.2, 0) is 9.59 Å². The molecule has 0 saturated carbocycles. The van der Waals surface area contributed by atoms with Crippen LogP contribution in [-0.4, -0.2) is 40.1 Å². The number of rotatable bonds is 7. The molecule has 3 aromatic carbocycles. The molecule has 0 saturated heterocycles. The summed E-state index contributed by atoms with van der Waals surface area (Å²) in [5, 5.41) is 3.15. The number of para-hydroxylation sites is 1. The van der Waals surface area contributed by atoms with Gasteiger partial charge in [0.05, 0.1) is 25.5 Å². The van der Waals surface area contributed by atoms with Gasteiger partial charge in [0.25, 0.3) is 11.8 Å². The van der Waals surface area contributed by atoms with E-state index >= 15 is 0 Å². The fraction of sp³-hybridized carbons (Fsp3) is 0.154. The van der Waals surface area contributed by atoms with Crippen LogP contribution in [0, 0.1) is 0 Å². The largest absolute Gasteiger partial charge is 0.497 e. The van der Waals surface area contributed by atoms with Crippen LogP contribution in [0.4, 0.5) is 17.1 Å². The lowest BCUT2D eigenvalue weighted by Crippen LogP contribution is -2.32. The second-order valence-corrected chi connectivity index (χ2v) is 7.67. The molecule has 0 atom stereocenters. The third kappa shape index (κ3) is 4.13. The van der Waals surface area contributed by atoms with Crippen LogP contribution >= 0.6 is 0 Å². The van der Waals surface area contributed by atoms with E-state index in [1.807, 2.05) is 55.4 Å². The van der Waals surface area contributed by atoms with Crippen molar-refractivity contribution >= 4 is 34.4 Å². The SMILES string of the molecule is COc1cccc(NC2=C(c3ccccc3OC)C(=O)N(c3cccc(N(C)C)c3)C2=O)c1. The summed E-state index contributed by atoms with van der Waals surface area (Å²) in [7, 11) is 6.92. The topological polar surface area (TPSA) is 71.1 Å². The molecule has 1 aliphatic rings. The van der Waals surface area contributed by atoms with Crippen molar-refractivity contribution in [2.75, 3.05) is 43.4 Å². The molecule has 0 spiro atoms. The fourth-order valence-corrected chi connectivity index (χ4v) is 3.74. The lowest BCUT2D eigenvalue weighted by Gasteiger charge is -2.19. The van der Waals surface area contributed by atoms with Gasteiger partial charge < -0.3 is 19.7 Å². The van der Waals surface area contributed by atoms with Gasteiger partial charge in [-0.2, -0.15) is 0 Å². The summed E-state index contributed by atoms with van der Waals surface area (Å²) in [5.74, 6) is 0.264. The maximum Gasteiger partial charge on any atom is 0.282 e. The van der Waals surface area contributed by atoms with Gasteiger partial charge in [-0.3, -0.25) is 9.59 Å². The number of amides is 2. The molecule has 7 nitrogen and oxygen atoms in total. The van der Waals surface area contributed by atoms with Crippen molar-refractivity contribution in [2.24, 2.45) is 0 Å². The predicted molar refractivity (Wildman–Crippen MR) is 130 cm³/mol. The van der Waals surface area contributed by atoms with Gasteiger partial charge in [0, 0.05) is 37.1 Å². The molecule has 0 fully saturated rings. The van der Waals surface area contributed by atoms with Crippen molar-refractivity contribution in [3.8, 4) is 11.5 Å². The zero-order valence-electron chi connectivity index (χ0n) is 19.0. The van der Waals surface area contributed by atoms with E-state index in [0.717, 1.165) is 5.69 Å². The number of ether oxygens (including phenoxy) is 2. The number of nitrogens with zero attached hydrogens (tertiary/aromatic N) is 2. The monoisotopic (exact) mass is 443 g/mol. The zero-order chi connectivity index (χ0) is 23.5. The number of methoxy groups -OCH3 is 2. The number of carbonyl (C=O) groups is 2. The Labute approximate surface area is 192 Å². The second kappa shape index (κ2) is 9.08. The first kappa shape index (κ1) is 22.0. The molecule has 0 aromatic heterocycles. The Morgan fingerprint density at radius 2 is 1.58 bits per heavy atom. The number of anilines is 3. The average Bonchev–Trinajstić information content (AvgIpc) is 3.08. The van der Waals surface area contributed by atoms with Crippen LogP contribution in [0.3, 0.4) is 0 Å². The Bertz CT molecular complexity index is 1250. The molecule has 3 aromatic rings. The van der Waals surface area contributed by atoms with Crippen molar-refractivity contribution in [1.29, 1.82) is 0 Å². The van der Waals surface area contributed by atoms with Crippen LogP contribution < -0.4 is 24.6 Å². The van der Waals surface area contributed by atoms with E-state index in [0.29, 0.717) is 28.4 Å². The molecule has 4 rings (SSSR count). The van der Waals surface area contributed by atoms with Gasteiger partial charge in [0.1, 0.15) is 17.2 Å². The maximum atomic E-state index is 13.7. The minimum absolute atomic E-state index is 0.174. The molecular weight excluding hydrogens is 418 g/mol. The summed E-state index contributed by atoms with van der Waals surface area (Å²) in [6.45, 7) is 0. The molecule has 0 aliphatic carbocycles. The highest BCUT2D eigenvalue weighted by Gasteiger charge is 2.41. The number of benzene rings is 3. The lowest BCUT2D eigenvalue weighted by molar-refractivity contribution is -0.120. The molecule has 1 aliphatic heterocycles. The standard InChI is InChI=1S/C26H25N3O4/c1-28(2)18-10-8-11-19(16-18)29-25(30)23(21-13-5-6-14-22(21)33-4)24(26(29)31)27-17-9-7-12-20(15-17)32-3/h5-16,27H,1-4H3. The van der Waals surface area contributed by atoms with E-state index in [1.54, 1.807) is 43.5 Å². The van der Waals surface area contributed by atoms with Crippen LogP contribution in [0.1, 0.15) is 5.56 Å². The van der Waals surface area contributed by atoms with E-state index in [4.69, 9.17) is 9.47 Å². The minimum atomic E-state index is -0.445. The van der Waals surface area contributed by atoms with Gasteiger partial charge in [0.2, 0.25) is 0 Å². The first-order valence-electron chi connectivity index (χ1n) is 10.4. The number of hydrogen-bond acceptors (Lipinski definition) is 6. The first-order valence-corrected chi connectivity index (χ1v) is 10.4. The molecule has 1 N–H and O–H groups in total. The van der Waals surface area contributed by atoms with Crippen molar-refractivity contribution in [3.05, 3.63) is 84.1 Å². The summed E-state index contributed by atoms with van der Waals surface area (Å²) in [6.07, 6.45) is 0. The Balaban J connectivity index is 1.85. The predicted octanol–water partition coefficient (Wildman–Crippen LogP) is 4.17. The van der Waals surface area contributed by atoms with Gasteiger partial charge in [-0.15, -0.1) is 0 Å². The van der Waals surface area contributed by atoms with Crippen molar-refractivity contribution in [2.45, 2.75) is 0 Å². The summed E-state index contributed by atoms with van der Waals surface area (Å²) < 4.78 is 10.8. The molecule has 7 heteroatoms. The maximum absolute atomic E-state index is 13.7. The van der Waals surface area contributed by atoms with Gasteiger partial charge in [-0.25, -0.2) is 4.90 Å². The van der Waals surface area contributed by atoms with Gasteiger partial charge in [0.15, 0.2) is 0 Å². The Kier molecular flexibility index (Phi) is 6.04. The van der Waals surface area contributed by atoms with Gasteiger partial charge >= 0.3 is 0 Å². The normalized spacial score (nSPS) is 13.4. The van der Waals surface area contributed by atoms with E-state index in [-0.39, 0.29) is 11.3 Å². The summed E-state index contributed by atoms with van der Waals surface area (Å²) in [6, 6.07) is 21.6. The second-order valence-electron chi connectivity index (χ2n) is 7.67. The molecule has 33 heavy (non-hydrogen) atoms. The molecule has 168 valence electrons. The van der Waals surface area contributed by atoms with Crippen LogP contribution in [0.2, 0.25) is 0 Å². The van der Waals surface area contributed by atoms with Gasteiger partial charge in [-0.1, -0.05) is 30.3 Å². The van der Waals surface area contributed by atoms with E-state index in [1.165, 1.54) is 12.0 Å². The molecule has 2 amide bonds. The number of imide groups is 1.